The third kappa shape index (κ3) is 3.89. The van der Waals surface area contributed by atoms with Crippen molar-refractivity contribution in [1.82, 2.24) is 10.3 Å². The number of nitrogens with two attached hydrogens (primary N) is 1. The van der Waals surface area contributed by atoms with Gasteiger partial charge in [-0.25, -0.2) is 4.98 Å². The van der Waals surface area contributed by atoms with Gasteiger partial charge in [0.25, 0.3) is 0 Å². The minimum atomic E-state index is 0.337. The van der Waals surface area contributed by atoms with Crippen LogP contribution in [0.4, 0.5) is 0 Å². The van der Waals surface area contributed by atoms with Gasteiger partial charge in [0, 0.05) is 11.1 Å². The summed E-state index contributed by atoms with van der Waals surface area (Å²) in [5.74, 6) is 0.577. The topological polar surface area (TPSA) is 50.9 Å². The summed E-state index contributed by atoms with van der Waals surface area (Å²) in [7, 11) is 0. The van der Waals surface area contributed by atoms with Gasteiger partial charge in [0.15, 0.2) is 0 Å². The van der Waals surface area contributed by atoms with E-state index in [1.54, 1.807) is 11.3 Å². The van der Waals surface area contributed by atoms with E-state index >= 15 is 0 Å². The molecule has 1 heterocycles. The van der Waals surface area contributed by atoms with Crippen LogP contribution < -0.4 is 11.1 Å². The minimum Gasteiger partial charge on any atom is -0.330 e. The van der Waals surface area contributed by atoms with E-state index in [9.17, 15) is 0 Å². The smallest absolute Gasteiger partial charge is 0.109 e. The molecule has 0 bridgehead atoms. The van der Waals surface area contributed by atoms with Crippen molar-refractivity contribution in [2.24, 2.45) is 11.7 Å². The zero-order valence-electron chi connectivity index (χ0n) is 9.79. The first-order valence-corrected chi connectivity index (χ1v) is 6.34. The summed E-state index contributed by atoms with van der Waals surface area (Å²) in [6.07, 6.45) is 3.06. The molecule has 3 N–H and O–H groups in total. The highest BCUT2D eigenvalue weighted by molar-refractivity contribution is 7.11. The van der Waals surface area contributed by atoms with Crippen molar-refractivity contribution in [3.8, 4) is 0 Å². The van der Waals surface area contributed by atoms with Crippen molar-refractivity contribution in [3.05, 3.63) is 16.1 Å². The summed E-state index contributed by atoms with van der Waals surface area (Å²) in [6.45, 7) is 8.15. The Kier molecular flexibility index (Phi) is 5.22. The lowest BCUT2D eigenvalue weighted by molar-refractivity contribution is 0.439. The number of thiazole rings is 1. The van der Waals surface area contributed by atoms with E-state index in [1.165, 1.54) is 9.88 Å². The van der Waals surface area contributed by atoms with Crippen LogP contribution in [0.25, 0.3) is 0 Å². The Labute approximate surface area is 96.1 Å². The van der Waals surface area contributed by atoms with E-state index in [0.717, 1.165) is 19.5 Å². The highest BCUT2D eigenvalue weighted by Gasteiger charge is 2.10. The fraction of sp³-hybridized carbons (Fsp3) is 0.727. The first kappa shape index (κ1) is 12.6. The molecule has 2 unspecified atom stereocenters. The number of hydrogen-bond acceptors (Lipinski definition) is 4. The first-order valence-electron chi connectivity index (χ1n) is 5.53. The fourth-order valence-corrected chi connectivity index (χ4v) is 2.20. The molecule has 0 amide bonds. The molecule has 1 rings (SSSR count). The molecule has 1 aromatic heterocycles. The van der Waals surface area contributed by atoms with Crippen LogP contribution in [0, 0.1) is 12.8 Å². The Morgan fingerprint density at radius 1 is 1.60 bits per heavy atom. The minimum absolute atomic E-state index is 0.337. The molecule has 1 aromatic rings. The molecule has 0 aliphatic heterocycles. The van der Waals surface area contributed by atoms with Crippen LogP contribution in [0.1, 0.15) is 36.2 Å². The van der Waals surface area contributed by atoms with Gasteiger partial charge in [-0.1, -0.05) is 13.3 Å². The van der Waals surface area contributed by atoms with Crippen molar-refractivity contribution in [2.75, 3.05) is 13.1 Å². The van der Waals surface area contributed by atoms with Crippen molar-refractivity contribution in [1.29, 1.82) is 0 Å². The summed E-state index contributed by atoms with van der Waals surface area (Å²) in [5, 5.41) is 4.65. The Morgan fingerprint density at radius 2 is 2.33 bits per heavy atom. The van der Waals surface area contributed by atoms with E-state index in [0.29, 0.717) is 12.0 Å². The van der Waals surface area contributed by atoms with Crippen LogP contribution in [0.2, 0.25) is 0 Å². The predicted octanol–water partition coefficient (Wildman–Crippen LogP) is 2.09. The highest BCUT2D eigenvalue weighted by Crippen LogP contribution is 2.19. The average Bonchev–Trinajstić information content (AvgIpc) is 2.66. The molecule has 0 aliphatic carbocycles. The maximum atomic E-state index is 5.66. The molecule has 4 heteroatoms. The van der Waals surface area contributed by atoms with Gasteiger partial charge in [0.2, 0.25) is 0 Å². The van der Waals surface area contributed by atoms with Crippen LogP contribution in [0.15, 0.2) is 6.20 Å². The van der Waals surface area contributed by atoms with Gasteiger partial charge in [0.05, 0.1) is 6.04 Å². The van der Waals surface area contributed by atoms with E-state index in [-0.39, 0.29) is 0 Å². The lowest BCUT2D eigenvalue weighted by Crippen LogP contribution is -2.29. The molecule has 15 heavy (non-hydrogen) atoms. The second-order valence-corrected chi connectivity index (χ2v) is 5.22. The predicted molar refractivity (Wildman–Crippen MR) is 66.1 cm³/mol. The van der Waals surface area contributed by atoms with Crippen LogP contribution in [0.5, 0.6) is 0 Å². The van der Waals surface area contributed by atoms with Gasteiger partial charge in [-0.15, -0.1) is 11.3 Å². The third-order valence-electron chi connectivity index (χ3n) is 2.63. The van der Waals surface area contributed by atoms with Gasteiger partial charge in [-0.05, 0) is 32.9 Å². The van der Waals surface area contributed by atoms with Crippen molar-refractivity contribution < 1.29 is 0 Å². The Morgan fingerprint density at radius 3 is 2.80 bits per heavy atom. The first-order chi connectivity index (χ1) is 7.17. The van der Waals surface area contributed by atoms with Crippen LogP contribution in [0.3, 0.4) is 0 Å². The number of nitrogens with zero attached hydrogens (tertiary/aromatic N) is 1. The van der Waals surface area contributed by atoms with Gasteiger partial charge in [-0.2, -0.15) is 0 Å². The number of nitrogens with one attached hydrogen (secondary N) is 1. The lowest BCUT2D eigenvalue weighted by Gasteiger charge is -2.16. The highest BCUT2D eigenvalue weighted by atomic mass is 32.1. The molecule has 3 nitrogen and oxygen atoms in total. The summed E-state index contributed by atoms with van der Waals surface area (Å²) >= 11 is 1.76. The summed E-state index contributed by atoms with van der Waals surface area (Å²) in [4.78, 5) is 5.64. The monoisotopic (exact) mass is 227 g/mol. The van der Waals surface area contributed by atoms with Gasteiger partial charge < -0.3 is 11.1 Å². The molecule has 0 saturated carbocycles. The van der Waals surface area contributed by atoms with Crippen molar-refractivity contribution >= 4 is 11.3 Å². The molecule has 0 radical (unpaired) electrons. The molecule has 86 valence electrons. The number of rotatable bonds is 6. The standard InChI is InChI=1S/C11H21N3S/c1-4-10(5-12)7-13-9(3)11-14-6-8(2)15-11/h6,9-10,13H,4-5,7,12H2,1-3H3. The third-order valence-corrected chi connectivity index (χ3v) is 3.73. The molecule has 0 saturated heterocycles. The fourth-order valence-electron chi connectivity index (χ4n) is 1.40. The normalized spacial score (nSPS) is 15.2. The molecular formula is C11H21N3S. The summed E-state index contributed by atoms with van der Waals surface area (Å²) in [5.41, 5.74) is 5.66. The summed E-state index contributed by atoms with van der Waals surface area (Å²) in [6, 6.07) is 0.337. The van der Waals surface area contributed by atoms with Gasteiger partial charge in [0.1, 0.15) is 5.01 Å². The van der Waals surface area contributed by atoms with E-state index < -0.39 is 0 Å². The lowest BCUT2D eigenvalue weighted by atomic mass is 10.1. The quantitative estimate of drug-likeness (QED) is 0.782. The number of aryl methyl sites for hydroxylation is 1. The zero-order valence-corrected chi connectivity index (χ0v) is 10.6. The Balaban J connectivity index is 2.39. The molecule has 0 aliphatic rings. The molecule has 0 fully saturated rings. The number of aromatic nitrogens is 1. The maximum absolute atomic E-state index is 5.66. The van der Waals surface area contributed by atoms with Crippen LogP contribution >= 0.6 is 11.3 Å². The van der Waals surface area contributed by atoms with Crippen LogP contribution in [-0.2, 0) is 0 Å². The second-order valence-electron chi connectivity index (χ2n) is 3.95. The van der Waals surface area contributed by atoms with Crippen molar-refractivity contribution in [3.63, 3.8) is 0 Å². The van der Waals surface area contributed by atoms with E-state index in [1.807, 2.05) is 6.20 Å². The largest absolute Gasteiger partial charge is 0.330 e. The Hall–Kier alpha value is -0.450. The van der Waals surface area contributed by atoms with E-state index in [4.69, 9.17) is 5.73 Å². The van der Waals surface area contributed by atoms with Crippen molar-refractivity contribution in [2.45, 2.75) is 33.2 Å². The molecule has 0 aromatic carbocycles. The number of hydrogen-bond donors (Lipinski definition) is 2. The Bertz CT molecular complexity index is 281. The van der Waals surface area contributed by atoms with Gasteiger partial charge >= 0.3 is 0 Å². The van der Waals surface area contributed by atoms with Gasteiger partial charge in [-0.3, -0.25) is 0 Å². The second kappa shape index (κ2) is 6.20. The maximum Gasteiger partial charge on any atom is 0.109 e. The molecular weight excluding hydrogens is 206 g/mol. The SMILES string of the molecule is CCC(CN)CNC(C)c1ncc(C)s1. The van der Waals surface area contributed by atoms with Crippen LogP contribution in [-0.4, -0.2) is 18.1 Å². The molecule has 0 spiro atoms. The van der Waals surface area contributed by atoms with E-state index in [2.05, 4.69) is 31.1 Å². The molecule has 2 atom stereocenters. The zero-order chi connectivity index (χ0) is 11.3. The average molecular weight is 227 g/mol. The summed E-state index contributed by atoms with van der Waals surface area (Å²) < 4.78 is 0.